The number of aliphatic carboxylic acids is 1. The average Bonchev–Trinajstić information content (AvgIpc) is 2.10. The molecule has 0 unspecified atom stereocenters. The second-order valence-electron chi connectivity index (χ2n) is 3.17. The Bertz CT molecular complexity index is 137. The number of unbranched alkanes of at least 4 members (excludes halogenated alkanes) is 3. The van der Waals surface area contributed by atoms with Crippen LogP contribution in [0.25, 0.3) is 0 Å². The van der Waals surface area contributed by atoms with Crippen LogP contribution in [0.2, 0.25) is 0 Å². The molecule has 78 valence electrons. The Hall–Kier alpha value is -0.180. The molecule has 0 bridgehead atoms. The van der Waals surface area contributed by atoms with E-state index in [0.29, 0.717) is 0 Å². The van der Waals surface area contributed by atoms with Gasteiger partial charge in [-0.15, -0.1) is 11.8 Å². The van der Waals surface area contributed by atoms with Crippen molar-refractivity contribution in [3.8, 4) is 0 Å². The van der Waals surface area contributed by atoms with Crippen LogP contribution in [0.3, 0.4) is 0 Å². The van der Waals surface area contributed by atoms with Crippen molar-refractivity contribution >= 4 is 17.7 Å². The lowest BCUT2D eigenvalue weighted by Crippen LogP contribution is -2.15. The molecule has 0 fully saturated rings. The minimum Gasteiger partial charge on any atom is -0.480 e. The molecule has 0 aromatic carbocycles. The first-order chi connectivity index (χ1) is 6.22. The van der Waals surface area contributed by atoms with Gasteiger partial charge in [0.25, 0.3) is 0 Å². The van der Waals surface area contributed by atoms with Gasteiger partial charge in [-0.2, -0.15) is 0 Å². The summed E-state index contributed by atoms with van der Waals surface area (Å²) in [5.74, 6) is 0.327. The third kappa shape index (κ3) is 6.94. The Labute approximate surface area is 85.1 Å². The van der Waals surface area contributed by atoms with E-state index in [0.717, 1.165) is 18.6 Å². The number of carboxylic acids is 1. The van der Waals surface area contributed by atoms with Crippen LogP contribution < -0.4 is 0 Å². The SMILES string of the molecule is CCCCCCS[C@@H](CC)C(=O)O. The molecule has 2 nitrogen and oxygen atoms in total. The predicted octanol–water partition coefficient (Wildman–Crippen LogP) is 3.16. The first-order valence-electron chi connectivity index (χ1n) is 5.06. The molecule has 0 saturated carbocycles. The fourth-order valence-corrected chi connectivity index (χ4v) is 2.15. The third-order valence-electron chi connectivity index (χ3n) is 1.96. The van der Waals surface area contributed by atoms with Crippen molar-refractivity contribution in [1.82, 2.24) is 0 Å². The molecule has 0 spiro atoms. The summed E-state index contributed by atoms with van der Waals surface area (Å²) < 4.78 is 0. The van der Waals surface area contributed by atoms with E-state index >= 15 is 0 Å². The Kier molecular flexibility index (Phi) is 8.30. The van der Waals surface area contributed by atoms with Crippen molar-refractivity contribution < 1.29 is 9.90 Å². The number of carbonyl (C=O) groups is 1. The summed E-state index contributed by atoms with van der Waals surface area (Å²) in [7, 11) is 0. The van der Waals surface area contributed by atoms with Crippen molar-refractivity contribution in [3.63, 3.8) is 0 Å². The minimum absolute atomic E-state index is 0.193. The zero-order valence-electron chi connectivity index (χ0n) is 8.58. The standard InChI is InChI=1S/C10H20O2S/c1-3-5-6-7-8-13-9(4-2)10(11)12/h9H,3-8H2,1-2H3,(H,11,12)/t9-/m0/s1. The molecular formula is C10H20O2S. The molecule has 0 aliphatic carbocycles. The Morgan fingerprint density at radius 3 is 2.46 bits per heavy atom. The highest BCUT2D eigenvalue weighted by molar-refractivity contribution is 8.00. The van der Waals surface area contributed by atoms with E-state index in [1.807, 2.05) is 6.92 Å². The maximum absolute atomic E-state index is 10.6. The summed E-state index contributed by atoms with van der Waals surface area (Å²) in [6, 6.07) is 0. The van der Waals surface area contributed by atoms with E-state index < -0.39 is 5.97 Å². The van der Waals surface area contributed by atoms with Gasteiger partial charge in [0.1, 0.15) is 5.25 Å². The summed E-state index contributed by atoms with van der Waals surface area (Å²) in [5.41, 5.74) is 0. The van der Waals surface area contributed by atoms with Gasteiger partial charge in [0.15, 0.2) is 0 Å². The van der Waals surface area contributed by atoms with Gasteiger partial charge >= 0.3 is 5.97 Å². The van der Waals surface area contributed by atoms with Crippen LogP contribution in [0.15, 0.2) is 0 Å². The Morgan fingerprint density at radius 1 is 1.31 bits per heavy atom. The largest absolute Gasteiger partial charge is 0.480 e. The van der Waals surface area contributed by atoms with E-state index in [1.165, 1.54) is 19.3 Å². The molecule has 0 aromatic rings. The summed E-state index contributed by atoms with van der Waals surface area (Å²) >= 11 is 1.58. The second-order valence-corrected chi connectivity index (χ2v) is 4.48. The maximum Gasteiger partial charge on any atom is 0.316 e. The van der Waals surface area contributed by atoms with Crippen molar-refractivity contribution in [2.45, 2.75) is 51.2 Å². The molecule has 0 rings (SSSR count). The van der Waals surface area contributed by atoms with Gasteiger partial charge in [0.05, 0.1) is 0 Å². The van der Waals surface area contributed by atoms with Gasteiger partial charge in [-0.1, -0.05) is 33.1 Å². The zero-order chi connectivity index (χ0) is 10.1. The van der Waals surface area contributed by atoms with E-state index in [-0.39, 0.29) is 5.25 Å². The zero-order valence-corrected chi connectivity index (χ0v) is 9.40. The highest BCUT2D eigenvalue weighted by atomic mass is 32.2. The van der Waals surface area contributed by atoms with Crippen molar-refractivity contribution in [2.75, 3.05) is 5.75 Å². The monoisotopic (exact) mass is 204 g/mol. The lowest BCUT2D eigenvalue weighted by atomic mass is 10.2. The van der Waals surface area contributed by atoms with Crippen LogP contribution in [0.5, 0.6) is 0 Å². The number of rotatable bonds is 8. The van der Waals surface area contributed by atoms with Crippen LogP contribution >= 0.6 is 11.8 Å². The molecule has 3 heteroatoms. The summed E-state index contributed by atoms with van der Waals surface area (Å²) in [6.07, 6.45) is 5.63. The number of hydrogen-bond donors (Lipinski definition) is 1. The molecule has 0 aromatic heterocycles. The minimum atomic E-state index is -0.664. The number of thioether (sulfide) groups is 1. The van der Waals surface area contributed by atoms with Crippen LogP contribution in [-0.4, -0.2) is 22.1 Å². The van der Waals surface area contributed by atoms with E-state index in [4.69, 9.17) is 5.11 Å². The van der Waals surface area contributed by atoms with E-state index in [1.54, 1.807) is 11.8 Å². The molecule has 0 aliphatic heterocycles. The van der Waals surface area contributed by atoms with Gasteiger partial charge in [-0.05, 0) is 18.6 Å². The topological polar surface area (TPSA) is 37.3 Å². The second kappa shape index (κ2) is 8.42. The molecular weight excluding hydrogens is 184 g/mol. The van der Waals surface area contributed by atoms with Gasteiger partial charge in [0, 0.05) is 0 Å². The van der Waals surface area contributed by atoms with Crippen LogP contribution in [-0.2, 0) is 4.79 Å². The van der Waals surface area contributed by atoms with Crippen molar-refractivity contribution in [3.05, 3.63) is 0 Å². The van der Waals surface area contributed by atoms with Gasteiger partial charge in [-0.3, -0.25) is 4.79 Å². The number of hydrogen-bond acceptors (Lipinski definition) is 2. The Balaban J connectivity index is 3.33. The smallest absolute Gasteiger partial charge is 0.316 e. The fraction of sp³-hybridized carbons (Fsp3) is 0.900. The molecule has 1 atom stereocenters. The Morgan fingerprint density at radius 2 is 2.00 bits per heavy atom. The molecule has 0 saturated heterocycles. The first-order valence-corrected chi connectivity index (χ1v) is 6.11. The summed E-state index contributed by atoms with van der Waals surface area (Å²) in [4.78, 5) is 10.6. The highest BCUT2D eigenvalue weighted by Crippen LogP contribution is 2.17. The molecule has 0 aliphatic rings. The van der Waals surface area contributed by atoms with Gasteiger partial charge in [-0.25, -0.2) is 0 Å². The highest BCUT2D eigenvalue weighted by Gasteiger charge is 2.14. The number of carboxylic acid groups (broad SMARTS) is 1. The van der Waals surface area contributed by atoms with Crippen molar-refractivity contribution in [2.24, 2.45) is 0 Å². The third-order valence-corrected chi connectivity index (χ3v) is 3.42. The van der Waals surface area contributed by atoms with E-state index in [9.17, 15) is 4.79 Å². The van der Waals surface area contributed by atoms with Crippen LogP contribution in [0, 0.1) is 0 Å². The predicted molar refractivity (Wildman–Crippen MR) is 58.3 cm³/mol. The molecule has 0 heterocycles. The van der Waals surface area contributed by atoms with Crippen LogP contribution in [0.4, 0.5) is 0 Å². The lowest BCUT2D eigenvalue weighted by Gasteiger charge is -2.08. The van der Waals surface area contributed by atoms with Gasteiger partial charge in [0.2, 0.25) is 0 Å². The molecule has 0 amide bonds. The maximum atomic E-state index is 10.6. The molecule has 1 N–H and O–H groups in total. The molecule has 0 radical (unpaired) electrons. The average molecular weight is 204 g/mol. The lowest BCUT2D eigenvalue weighted by molar-refractivity contribution is -0.136. The van der Waals surface area contributed by atoms with Crippen molar-refractivity contribution in [1.29, 1.82) is 0 Å². The fourth-order valence-electron chi connectivity index (χ4n) is 1.12. The quantitative estimate of drug-likeness (QED) is 0.617. The summed E-state index contributed by atoms with van der Waals surface area (Å²) in [5, 5.41) is 8.56. The summed E-state index contributed by atoms with van der Waals surface area (Å²) in [6.45, 7) is 4.11. The van der Waals surface area contributed by atoms with E-state index in [2.05, 4.69) is 6.92 Å². The first kappa shape index (κ1) is 12.8. The normalized spacial score (nSPS) is 12.8. The van der Waals surface area contributed by atoms with Gasteiger partial charge < -0.3 is 5.11 Å². The van der Waals surface area contributed by atoms with Crippen LogP contribution in [0.1, 0.15) is 46.0 Å². The molecule has 13 heavy (non-hydrogen) atoms.